The minimum atomic E-state index is 0.433. The zero-order valence-corrected chi connectivity index (χ0v) is 10.9. The van der Waals surface area contributed by atoms with Gasteiger partial charge in [-0.1, -0.05) is 29.8 Å². The summed E-state index contributed by atoms with van der Waals surface area (Å²) in [6.45, 7) is 6.34. The molecular formula is C15H23NO. The van der Waals surface area contributed by atoms with Gasteiger partial charge in [0.15, 0.2) is 0 Å². The van der Waals surface area contributed by atoms with Crippen molar-refractivity contribution >= 4 is 0 Å². The molecule has 2 nitrogen and oxygen atoms in total. The highest BCUT2D eigenvalue weighted by molar-refractivity contribution is 5.22. The summed E-state index contributed by atoms with van der Waals surface area (Å²) < 4.78 is 5.77. The first kappa shape index (κ1) is 12.6. The van der Waals surface area contributed by atoms with Crippen LogP contribution in [0.1, 0.15) is 30.9 Å². The molecule has 1 aliphatic heterocycles. The number of hydrogen-bond acceptors (Lipinski definition) is 2. The van der Waals surface area contributed by atoms with E-state index in [0.717, 1.165) is 19.5 Å². The van der Waals surface area contributed by atoms with Crippen LogP contribution < -0.4 is 5.32 Å². The van der Waals surface area contributed by atoms with Crippen LogP contribution in [-0.4, -0.2) is 25.3 Å². The van der Waals surface area contributed by atoms with E-state index in [0.29, 0.717) is 12.2 Å². The van der Waals surface area contributed by atoms with Crippen LogP contribution in [0.3, 0.4) is 0 Å². The molecule has 1 aromatic carbocycles. The number of aryl methyl sites for hydroxylation is 1. The highest BCUT2D eigenvalue weighted by Crippen LogP contribution is 2.18. The lowest BCUT2D eigenvalue weighted by Gasteiger charge is -2.12. The highest BCUT2D eigenvalue weighted by atomic mass is 16.5. The molecule has 2 rings (SSSR count). The molecule has 1 aliphatic rings. The van der Waals surface area contributed by atoms with Gasteiger partial charge in [0, 0.05) is 6.54 Å². The number of benzene rings is 1. The molecule has 1 heterocycles. The Labute approximate surface area is 104 Å². The zero-order chi connectivity index (χ0) is 12.1. The Morgan fingerprint density at radius 3 is 2.94 bits per heavy atom. The van der Waals surface area contributed by atoms with Gasteiger partial charge >= 0.3 is 0 Å². The molecule has 1 saturated heterocycles. The Hall–Kier alpha value is -0.860. The molecule has 1 fully saturated rings. The maximum Gasteiger partial charge on any atom is 0.0704 e. The number of rotatable bonds is 5. The summed E-state index contributed by atoms with van der Waals surface area (Å²) in [4.78, 5) is 0. The number of nitrogens with one attached hydrogen (secondary N) is 1. The predicted molar refractivity (Wildman–Crippen MR) is 71.3 cm³/mol. The van der Waals surface area contributed by atoms with Gasteiger partial charge in [0.1, 0.15) is 0 Å². The van der Waals surface area contributed by atoms with E-state index in [2.05, 4.69) is 43.4 Å². The van der Waals surface area contributed by atoms with Gasteiger partial charge in [-0.2, -0.15) is 0 Å². The van der Waals surface area contributed by atoms with Gasteiger partial charge in [0.05, 0.1) is 12.2 Å². The first-order valence-electron chi connectivity index (χ1n) is 6.66. The van der Waals surface area contributed by atoms with Crippen LogP contribution >= 0.6 is 0 Å². The van der Waals surface area contributed by atoms with Crippen LogP contribution in [0, 0.1) is 6.92 Å². The van der Waals surface area contributed by atoms with E-state index in [4.69, 9.17) is 4.74 Å². The second-order valence-corrected chi connectivity index (χ2v) is 5.09. The first-order valence-corrected chi connectivity index (χ1v) is 6.66. The predicted octanol–water partition coefficient (Wildman–Crippen LogP) is 2.69. The normalized spacial score (nSPS) is 24.1. The minimum absolute atomic E-state index is 0.433. The molecule has 0 saturated carbocycles. The molecule has 0 aromatic heterocycles. The van der Waals surface area contributed by atoms with E-state index in [-0.39, 0.29) is 0 Å². The van der Waals surface area contributed by atoms with Crippen molar-refractivity contribution in [3.8, 4) is 0 Å². The summed E-state index contributed by atoms with van der Waals surface area (Å²) in [6.07, 6.45) is 4.41. The molecule has 0 spiro atoms. The van der Waals surface area contributed by atoms with Crippen LogP contribution in [0.2, 0.25) is 0 Å². The second-order valence-electron chi connectivity index (χ2n) is 5.09. The Balaban J connectivity index is 1.63. The van der Waals surface area contributed by atoms with Gasteiger partial charge in [-0.3, -0.25) is 0 Å². The van der Waals surface area contributed by atoms with Gasteiger partial charge in [-0.25, -0.2) is 0 Å². The summed E-state index contributed by atoms with van der Waals surface area (Å²) in [6, 6.07) is 8.73. The Morgan fingerprint density at radius 2 is 2.24 bits per heavy atom. The standard InChI is InChI=1S/C15H23NO/c1-12-4-3-5-14(10-12)8-9-16-11-15-7-6-13(2)17-15/h3-5,10,13,15-16H,6-9,11H2,1-2H3. The lowest BCUT2D eigenvalue weighted by atomic mass is 10.1. The average molecular weight is 233 g/mol. The Bertz CT molecular complexity index is 351. The summed E-state index contributed by atoms with van der Waals surface area (Å²) in [5, 5.41) is 3.49. The van der Waals surface area contributed by atoms with Crippen molar-refractivity contribution in [1.29, 1.82) is 0 Å². The van der Waals surface area contributed by atoms with Crippen molar-refractivity contribution in [1.82, 2.24) is 5.32 Å². The van der Waals surface area contributed by atoms with Crippen molar-refractivity contribution in [3.05, 3.63) is 35.4 Å². The molecule has 2 atom stereocenters. The van der Waals surface area contributed by atoms with Gasteiger partial charge in [0.2, 0.25) is 0 Å². The first-order chi connectivity index (χ1) is 8.24. The highest BCUT2D eigenvalue weighted by Gasteiger charge is 2.20. The maximum atomic E-state index is 5.77. The van der Waals surface area contributed by atoms with Crippen LogP contribution in [0.25, 0.3) is 0 Å². The quantitative estimate of drug-likeness (QED) is 0.790. The van der Waals surface area contributed by atoms with Crippen LogP contribution in [0.5, 0.6) is 0 Å². The van der Waals surface area contributed by atoms with Gasteiger partial charge < -0.3 is 10.1 Å². The molecule has 1 aromatic rings. The lowest BCUT2D eigenvalue weighted by Crippen LogP contribution is -2.28. The van der Waals surface area contributed by atoms with E-state index < -0.39 is 0 Å². The van der Waals surface area contributed by atoms with E-state index in [9.17, 15) is 0 Å². The van der Waals surface area contributed by atoms with E-state index >= 15 is 0 Å². The lowest BCUT2D eigenvalue weighted by molar-refractivity contribution is 0.0562. The Kier molecular flexibility index (Phi) is 4.57. The summed E-state index contributed by atoms with van der Waals surface area (Å²) >= 11 is 0. The SMILES string of the molecule is Cc1cccc(CCNCC2CCC(C)O2)c1. The molecule has 0 amide bonds. The van der Waals surface area contributed by atoms with Crippen LogP contribution in [-0.2, 0) is 11.2 Å². The Morgan fingerprint density at radius 1 is 1.35 bits per heavy atom. The molecule has 0 aliphatic carbocycles. The van der Waals surface area contributed by atoms with Crippen molar-refractivity contribution < 1.29 is 4.74 Å². The van der Waals surface area contributed by atoms with Crippen molar-refractivity contribution in [2.45, 2.75) is 45.3 Å². The van der Waals surface area contributed by atoms with E-state index in [1.54, 1.807) is 0 Å². The van der Waals surface area contributed by atoms with Gasteiger partial charge in [0.25, 0.3) is 0 Å². The third-order valence-electron chi connectivity index (χ3n) is 3.36. The summed E-state index contributed by atoms with van der Waals surface area (Å²) in [5.41, 5.74) is 2.76. The van der Waals surface area contributed by atoms with Crippen molar-refractivity contribution in [2.75, 3.05) is 13.1 Å². The van der Waals surface area contributed by atoms with Crippen molar-refractivity contribution in [3.63, 3.8) is 0 Å². The van der Waals surface area contributed by atoms with Crippen LogP contribution in [0.15, 0.2) is 24.3 Å². The van der Waals surface area contributed by atoms with Gasteiger partial charge in [-0.05, 0) is 45.2 Å². The minimum Gasteiger partial charge on any atom is -0.374 e. The molecule has 2 heteroatoms. The molecule has 2 unspecified atom stereocenters. The third-order valence-corrected chi connectivity index (χ3v) is 3.36. The largest absolute Gasteiger partial charge is 0.374 e. The molecule has 94 valence electrons. The zero-order valence-electron chi connectivity index (χ0n) is 10.9. The average Bonchev–Trinajstić information content (AvgIpc) is 2.71. The second kappa shape index (κ2) is 6.18. The summed E-state index contributed by atoms with van der Waals surface area (Å²) in [5.74, 6) is 0. The molecule has 0 radical (unpaired) electrons. The topological polar surface area (TPSA) is 21.3 Å². The van der Waals surface area contributed by atoms with E-state index in [1.807, 2.05) is 0 Å². The van der Waals surface area contributed by atoms with Crippen LogP contribution in [0.4, 0.5) is 0 Å². The fraction of sp³-hybridized carbons (Fsp3) is 0.600. The molecule has 0 bridgehead atoms. The number of ether oxygens (including phenoxy) is 1. The maximum absolute atomic E-state index is 5.77. The van der Waals surface area contributed by atoms with E-state index in [1.165, 1.54) is 24.0 Å². The molecule has 1 N–H and O–H groups in total. The fourth-order valence-corrected chi connectivity index (χ4v) is 2.40. The summed E-state index contributed by atoms with van der Waals surface area (Å²) in [7, 11) is 0. The van der Waals surface area contributed by atoms with Gasteiger partial charge in [-0.15, -0.1) is 0 Å². The van der Waals surface area contributed by atoms with Crippen molar-refractivity contribution in [2.24, 2.45) is 0 Å². The fourth-order valence-electron chi connectivity index (χ4n) is 2.40. The molecule has 17 heavy (non-hydrogen) atoms. The number of hydrogen-bond donors (Lipinski definition) is 1. The third kappa shape index (κ3) is 4.14. The molecular weight excluding hydrogens is 210 g/mol. The smallest absolute Gasteiger partial charge is 0.0704 e. The monoisotopic (exact) mass is 233 g/mol.